The van der Waals surface area contributed by atoms with Crippen LogP contribution in [0, 0.1) is 5.82 Å². The molecule has 0 aliphatic carbocycles. The second kappa shape index (κ2) is 7.90. The van der Waals surface area contributed by atoms with Crippen molar-refractivity contribution in [3.63, 3.8) is 0 Å². The van der Waals surface area contributed by atoms with Crippen LogP contribution in [-0.2, 0) is 4.79 Å². The molecule has 0 aromatic heterocycles. The van der Waals surface area contributed by atoms with Crippen molar-refractivity contribution in [2.45, 2.75) is 45.1 Å². The zero-order valence-electron chi connectivity index (χ0n) is 12.4. The van der Waals surface area contributed by atoms with E-state index in [-0.39, 0.29) is 17.6 Å². The van der Waals surface area contributed by atoms with Gasteiger partial charge in [-0.3, -0.25) is 9.69 Å². The fourth-order valence-corrected chi connectivity index (χ4v) is 2.99. The average molecular weight is 357 g/mol. The summed E-state index contributed by atoms with van der Waals surface area (Å²) in [6, 6.07) is 4.43. The average Bonchev–Trinajstić information content (AvgIpc) is 2.41. The maximum atomic E-state index is 13.8. The van der Waals surface area contributed by atoms with Gasteiger partial charge in [-0.05, 0) is 51.1 Å². The highest BCUT2D eigenvalue weighted by Gasteiger charge is 2.22. The fraction of sp³-hybridized carbons (Fsp3) is 0.562. The van der Waals surface area contributed by atoms with Gasteiger partial charge in [-0.25, -0.2) is 4.39 Å². The Morgan fingerprint density at radius 3 is 2.48 bits per heavy atom. The van der Waals surface area contributed by atoms with E-state index in [4.69, 9.17) is 0 Å². The van der Waals surface area contributed by atoms with Crippen LogP contribution in [0.3, 0.4) is 0 Å². The highest BCUT2D eigenvalue weighted by molar-refractivity contribution is 9.10. The van der Waals surface area contributed by atoms with E-state index in [0.717, 1.165) is 25.9 Å². The van der Waals surface area contributed by atoms with Crippen molar-refractivity contribution in [2.75, 3.05) is 18.4 Å². The summed E-state index contributed by atoms with van der Waals surface area (Å²) >= 11 is 3.21. The van der Waals surface area contributed by atoms with Gasteiger partial charge in [-0.1, -0.05) is 35.2 Å². The highest BCUT2D eigenvalue weighted by Crippen LogP contribution is 2.20. The lowest BCUT2D eigenvalue weighted by molar-refractivity contribution is -0.120. The van der Waals surface area contributed by atoms with Gasteiger partial charge in [0.05, 0.1) is 11.7 Å². The van der Waals surface area contributed by atoms with Crippen LogP contribution >= 0.6 is 15.9 Å². The molecule has 0 bridgehead atoms. The van der Waals surface area contributed by atoms with E-state index < -0.39 is 5.82 Å². The van der Waals surface area contributed by atoms with Crippen LogP contribution in [-0.4, -0.2) is 29.9 Å². The van der Waals surface area contributed by atoms with Gasteiger partial charge in [0.25, 0.3) is 0 Å². The van der Waals surface area contributed by atoms with Crippen molar-refractivity contribution in [1.82, 2.24) is 4.90 Å². The fourth-order valence-electron chi connectivity index (χ4n) is 2.65. The number of rotatable bonds is 3. The molecule has 1 aliphatic rings. The Labute approximate surface area is 134 Å². The third-order valence-corrected chi connectivity index (χ3v) is 4.50. The van der Waals surface area contributed by atoms with Crippen LogP contribution in [0.15, 0.2) is 22.7 Å². The van der Waals surface area contributed by atoms with Crippen LogP contribution < -0.4 is 5.32 Å². The zero-order valence-corrected chi connectivity index (χ0v) is 14.0. The molecule has 1 aromatic carbocycles. The quantitative estimate of drug-likeness (QED) is 0.880. The monoisotopic (exact) mass is 356 g/mol. The molecule has 1 saturated heterocycles. The minimum Gasteiger partial charge on any atom is -0.322 e. The van der Waals surface area contributed by atoms with Crippen LogP contribution in [0.2, 0.25) is 0 Å². The van der Waals surface area contributed by atoms with Crippen molar-refractivity contribution in [2.24, 2.45) is 0 Å². The molecule has 116 valence electrons. The van der Waals surface area contributed by atoms with Gasteiger partial charge >= 0.3 is 0 Å². The molecule has 0 saturated carbocycles. The number of amides is 1. The Kier molecular flexibility index (Phi) is 6.18. The number of halogens is 2. The first-order valence-corrected chi connectivity index (χ1v) is 8.37. The van der Waals surface area contributed by atoms with E-state index in [0.29, 0.717) is 4.47 Å². The lowest BCUT2D eigenvalue weighted by Crippen LogP contribution is -2.43. The lowest BCUT2D eigenvalue weighted by atomic mass is 10.1. The predicted molar refractivity (Wildman–Crippen MR) is 86.8 cm³/mol. The standard InChI is InChI=1S/C16H22BrFN2O/c1-12(20-9-5-3-2-4-6-10-20)16(21)19-15-8-7-13(17)11-14(15)18/h7-8,11-12H,2-6,9-10H2,1H3,(H,19,21)/t12-/m1/s1. The van der Waals surface area contributed by atoms with Gasteiger partial charge in [0, 0.05) is 4.47 Å². The van der Waals surface area contributed by atoms with E-state index in [1.165, 1.54) is 25.3 Å². The number of hydrogen-bond donors (Lipinski definition) is 1. The predicted octanol–water partition coefficient (Wildman–Crippen LogP) is 4.18. The first kappa shape index (κ1) is 16.4. The van der Waals surface area contributed by atoms with Crippen LogP contribution in [0.5, 0.6) is 0 Å². The van der Waals surface area contributed by atoms with Gasteiger partial charge in [0.15, 0.2) is 0 Å². The summed E-state index contributed by atoms with van der Waals surface area (Å²) in [5.41, 5.74) is 0.238. The number of nitrogens with zero attached hydrogens (tertiary/aromatic N) is 1. The number of hydrogen-bond acceptors (Lipinski definition) is 2. The summed E-state index contributed by atoms with van der Waals surface area (Å²) < 4.78 is 14.4. The molecule has 1 amide bonds. The molecule has 0 spiro atoms. The largest absolute Gasteiger partial charge is 0.322 e. The summed E-state index contributed by atoms with van der Waals surface area (Å²) in [6.45, 7) is 3.78. The van der Waals surface area contributed by atoms with E-state index in [1.54, 1.807) is 12.1 Å². The second-order valence-corrected chi connectivity index (χ2v) is 6.51. The SMILES string of the molecule is C[C@H](C(=O)Nc1ccc(Br)cc1F)N1CCCCCCC1. The van der Waals surface area contributed by atoms with Crippen molar-refractivity contribution < 1.29 is 9.18 Å². The molecule has 1 fully saturated rings. The lowest BCUT2D eigenvalue weighted by Gasteiger charge is -2.29. The molecule has 1 aromatic rings. The molecule has 1 atom stereocenters. The third kappa shape index (κ3) is 4.78. The second-order valence-electron chi connectivity index (χ2n) is 5.59. The number of anilines is 1. The normalized spacial score (nSPS) is 18.6. The summed E-state index contributed by atoms with van der Waals surface area (Å²) in [6.07, 6.45) is 6.01. The van der Waals surface area contributed by atoms with Crippen LogP contribution in [0.4, 0.5) is 10.1 Å². The highest BCUT2D eigenvalue weighted by atomic mass is 79.9. The van der Waals surface area contributed by atoms with Gasteiger partial charge in [-0.2, -0.15) is 0 Å². The minimum absolute atomic E-state index is 0.142. The van der Waals surface area contributed by atoms with Crippen LogP contribution in [0.25, 0.3) is 0 Å². The molecule has 0 unspecified atom stereocenters. The zero-order chi connectivity index (χ0) is 15.2. The molecule has 5 heteroatoms. The Bertz CT molecular complexity index is 487. The number of nitrogens with one attached hydrogen (secondary N) is 1. The summed E-state index contributed by atoms with van der Waals surface area (Å²) in [4.78, 5) is 14.5. The van der Waals surface area contributed by atoms with E-state index in [1.807, 2.05) is 6.92 Å². The number of benzene rings is 1. The molecule has 0 radical (unpaired) electrons. The van der Waals surface area contributed by atoms with Gasteiger partial charge < -0.3 is 5.32 Å². The topological polar surface area (TPSA) is 32.3 Å². The van der Waals surface area contributed by atoms with E-state index in [9.17, 15) is 9.18 Å². The van der Waals surface area contributed by atoms with Crippen LogP contribution in [0.1, 0.15) is 39.0 Å². The molecular formula is C16H22BrFN2O. The molecule has 1 N–H and O–H groups in total. The summed E-state index contributed by atoms with van der Waals surface area (Å²) in [5.74, 6) is -0.561. The smallest absolute Gasteiger partial charge is 0.241 e. The Balaban J connectivity index is 1.97. The van der Waals surface area contributed by atoms with Gasteiger partial charge in [0.2, 0.25) is 5.91 Å². The molecule has 2 rings (SSSR count). The van der Waals surface area contributed by atoms with E-state index >= 15 is 0 Å². The molecule has 21 heavy (non-hydrogen) atoms. The van der Waals surface area contributed by atoms with Gasteiger partial charge in [0.1, 0.15) is 5.82 Å². The maximum Gasteiger partial charge on any atom is 0.241 e. The first-order chi connectivity index (χ1) is 10.1. The maximum absolute atomic E-state index is 13.8. The Morgan fingerprint density at radius 2 is 1.86 bits per heavy atom. The molecule has 3 nitrogen and oxygen atoms in total. The number of carbonyl (C=O) groups is 1. The molecule has 1 heterocycles. The summed E-state index contributed by atoms with van der Waals surface area (Å²) in [5, 5.41) is 2.69. The van der Waals surface area contributed by atoms with E-state index in [2.05, 4.69) is 26.1 Å². The number of carbonyl (C=O) groups excluding carboxylic acids is 1. The molecule has 1 aliphatic heterocycles. The Hall–Kier alpha value is -0.940. The Morgan fingerprint density at radius 1 is 1.24 bits per heavy atom. The van der Waals surface area contributed by atoms with Gasteiger partial charge in [-0.15, -0.1) is 0 Å². The van der Waals surface area contributed by atoms with Crippen molar-refractivity contribution in [3.8, 4) is 0 Å². The summed E-state index contributed by atoms with van der Waals surface area (Å²) in [7, 11) is 0. The van der Waals surface area contributed by atoms with Crippen molar-refractivity contribution in [1.29, 1.82) is 0 Å². The third-order valence-electron chi connectivity index (χ3n) is 4.01. The first-order valence-electron chi connectivity index (χ1n) is 7.58. The van der Waals surface area contributed by atoms with Crippen molar-refractivity contribution >= 4 is 27.5 Å². The molecular weight excluding hydrogens is 335 g/mol. The van der Waals surface area contributed by atoms with Crippen molar-refractivity contribution in [3.05, 3.63) is 28.5 Å². The number of likely N-dealkylation sites (tertiary alicyclic amines) is 1. The minimum atomic E-state index is -0.419.